The number of hydrogen-bond donors (Lipinski definition) is 0. The molecule has 1 aromatic heterocycles. The van der Waals surface area contributed by atoms with E-state index in [1.807, 2.05) is 0 Å². The summed E-state index contributed by atoms with van der Waals surface area (Å²) in [6.07, 6.45) is -0.143. The maximum Gasteiger partial charge on any atom is 0.169 e. The molecule has 0 N–H and O–H groups in total. The highest BCUT2D eigenvalue weighted by atomic mass is 32.1. The largest absolute Gasteiger partial charge is 0.376 e. The zero-order valence-electron chi connectivity index (χ0n) is 7.51. The third-order valence-electron chi connectivity index (χ3n) is 1.94. The van der Waals surface area contributed by atoms with E-state index < -0.39 is 6.10 Å². The summed E-state index contributed by atoms with van der Waals surface area (Å²) in [6, 6.07) is 0. The van der Waals surface area contributed by atoms with Crippen LogP contribution in [-0.4, -0.2) is 41.3 Å². The van der Waals surface area contributed by atoms with Gasteiger partial charge in [0.15, 0.2) is 5.78 Å². The standard InChI is InChI=1S/C8H10N2O3S/c11-7(3-6-5-14-10-9-6)8-4-12-1-2-13-8/h5,8H,1-4H2. The maximum atomic E-state index is 11.6. The fraction of sp³-hybridized carbons (Fsp3) is 0.625. The smallest absolute Gasteiger partial charge is 0.169 e. The van der Waals surface area contributed by atoms with Gasteiger partial charge in [-0.05, 0) is 11.5 Å². The number of ether oxygens (including phenoxy) is 2. The van der Waals surface area contributed by atoms with Crippen LogP contribution >= 0.6 is 11.5 Å². The lowest BCUT2D eigenvalue weighted by molar-refractivity contribution is -0.144. The molecule has 0 aliphatic carbocycles. The van der Waals surface area contributed by atoms with Gasteiger partial charge in [0.05, 0.1) is 31.9 Å². The van der Waals surface area contributed by atoms with Crippen LogP contribution < -0.4 is 0 Å². The third-order valence-corrected chi connectivity index (χ3v) is 2.49. The first-order chi connectivity index (χ1) is 6.86. The molecule has 0 saturated carbocycles. The van der Waals surface area contributed by atoms with Gasteiger partial charge in [0.1, 0.15) is 6.10 Å². The van der Waals surface area contributed by atoms with E-state index in [4.69, 9.17) is 9.47 Å². The van der Waals surface area contributed by atoms with E-state index in [2.05, 4.69) is 9.59 Å². The minimum Gasteiger partial charge on any atom is -0.376 e. The van der Waals surface area contributed by atoms with Crippen LogP contribution in [-0.2, 0) is 20.7 Å². The van der Waals surface area contributed by atoms with Gasteiger partial charge in [-0.15, -0.1) is 5.10 Å². The zero-order chi connectivity index (χ0) is 9.80. The Balaban J connectivity index is 1.88. The summed E-state index contributed by atoms with van der Waals surface area (Å²) in [5.74, 6) is 0.0115. The van der Waals surface area contributed by atoms with Crippen molar-refractivity contribution in [3.8, 4) is 0 Å². The van der Waals surface area contributed by atoms with Gasteiger partial charge in [0, 0.05) is 5.38 Å². The number of hydrogen-bond acceptors (Lipinski definition) is 6. The lowest BCUT2D eigenvalue weighted by Crippen LogP contribution is -2.36. The minimum atomic E-state index is -0.426. The summed E-state index contributed by atoms with van der Waals surface area (Å²) in [7, 11) is 0. The molecule has 6 heteroatoms. The van der Waals surface area contributed by atoms with Gasteiger partial charge in [-0.2, -0.15) is 0 Å². The van der Waals surface area contributed by atoms with Crippen molar-refractivity contribution >= 4 is 17.3 Å². The number of Topliss-reactive ketones (excluding diaryl/α,β-unsaturated/α-hetero) is 1. The van der Waals surface area contributed by atoms with E-state index in [0.29, 0.717) is 25.5 Å². The molecule has 0 bridgehead atoms. The average molecular weight is 214 g/mol. The monoisotopic (exact) mass is 214 g/mol. The molecule has 0 radical (unpaired) electrons. The van der Waals surface area contributed by atoms with Gasteiger partial charge in [-0.1, -0.05) is 4.49 Å². The van der Waals surface area contributed by atoms with E-state index in [1.165, 1.54) is 11.5 Å². The normalized spacial score (nSPS) is 22.1. The number of carbonyl (C=O) groups is 1. The Morgan fingerprint density at radius 3 is 3.21 bits per heavy atom. The summed E-state index contributed by atoms with van der Waals surface area (Å²) in [5, 5.41) is 5.57. The molecule has 0 amide bonds. The first-order valence-electron chi connectivity index (χ1n) is 4.34. The molecule has 5 nitrogen and oxygen atoms in total. The van der Waals surface area contributed by atoms with Crippen LogP contribution in [0.5, 0.6) is 0 Å². The first kappa shape index (κ1) is 9.70. The van der Waals surface area contributed by atoms with Crippen LogP contribution in [0.15, 0.2) is 5.38 Å². The molecule has 1 saturated heterocycles. The van der Waals surface area contributed by atoms with E-state index in [9.17, 15) is 4.79 Å². The fourth-order valence-corrected chi connectivity index (χ4v) is 1.68. The lowest BCUT2D eigenvalue weighted by atomic mass is 10.1. The fourth-order valence-electron chi connectivity index (χ4n) is 1.23. The summed E-state index contributed by atoms with van der Waals surface area (Å²) < 4.78 is 14.1. The molecule has 2 rings (SSSR count). The Morgan fingerprint density at radius 1 is 1.64 bits per heavy atom. The molecule has 14 heavy (non-hydrogen) atoms. The SMILES string of the molecule is O=C(Cc1csnn1)C1COCCO1. The molecule has 1 aliphatic heterocycles. The van der Waals surface area contributed by atoms with Crippen molar-refractivity contribution in [3.05, 3.63) is 11.1 Å². The molecule has 1 unspecified atom stereocenters. The van der Waals surface area contributed by atoms with E-state index in [0.717, 1.165) is 0 Å². The van der Waals surface area contributed by atoms with Gasteiger partial charge in [0.25, 0.3) is 0 Å². The van der Waals surface area contributed by atoms with Crippen LogP contribution in [0.4, 0.5) is 0 Å². The highest BCUT2D eigenvalue weighted by molar-refractivity contribution is 7.03. The second kappa shape index (κ2) is 4.59. The maximum absolute atomic E-state index is 11.6. The van der Waals surface area contributed by atoms with E-state index >= 15 is 0 Å². The first-order valence-corrected chi connectivity index (χ1v) is 5.18. The van der Waals surface area contributed by atoms with Crippen LogP contribution in [0.25, 0.3) is 0 Å². The molecule has 1 aromatic rings. The molecular weight excluding hydrogens is 204 g/mol. The molecule has 76 valence electrons. The molecule has 1 aliphatic rings. The van der Waals surface area contributed by atoms with Crippen molar-refractivity contribution in [1.29, 1.82) is 0 Å². The Bertz CT molecular complexity index is 296. The second-order valence-corrected chi connectivity index (χ2v) is 3.58. The summed E-state index contributed by atoms with van der Waals surface area (Å²) in [4.78, 5) is 11.6. The van der Waals surface area contributed by atoms with Crippen LogP contribution in [0.3, 0.4) is 0 Å². The van der Waals surface area contributed by atoms with Crippen LogP contribution in [0.1, 0.15) is 5.69 Å². The molecule has 1 fully saturated rings. The van der Waals surface area contributed by atoms with Crippen LogP contribution in [0.2, 0.25) is 0 Å². The van der Waals surface area contributed by atoms with Crippen molar-refractivity contribution in [2.75, 3.05) is 19.8 Å². The third kappa shape index (κ3) is 2.34. The van der Waals surface area contributed by atoms with Gasteiger partial charge in [0.2, 0.25) is 0 Å². The van der Waals surface area contributed by atoms with Gasteiger partial charge in [-0.25, -0.2) is 0 Å². The predicted octanol–water partition coefficient (Wildman–Crippen LogP) is 0.0651. The quantitative estimate of drug-likeness (QED) is 0.712. The van der Waals surface area contributed by atoms with E-state index in [-0.39, 0.29) is 12.2 Å². The summed E-state index contributed by atoms with van der Waals surface area (Å²) >= 11 is 1.24. The Labute approximate surface area is 85.2 Å². The molecular formula is C8H10N2O3S. The minimum absolute atomic E-state index is 0.0115. The van der Waals surface area contributed by atoms with Crippen molar-refractivity contribution < 1.29 is 14.3 Å². The van der Waals surface area contributed by atoms with Crippen molar-refractivity contribution in [2.24, 2.45) is 0 Å². The highest BCUT2D eigenvalue weighted by Gasteiger charge is 2.23. The van der Waals surface area contributed by atoms with Gasteiger partial charge < -0.3 is 9.47 Å². The van der Waals surface area contributed by atoms with Gasteiger partial charge >= 0.3 is 0 Å². The Morgan fingerprint density at radius 2 is 2.57 bits per heavy atom. The predicted molar refractivity (Wildman–Crippen MR) is 49.2 cm³/mol. The topological polar surface area (TPSA) is 61.3 Å². The molecule has 0 spiro atoms. The average Bonchev–Trinajstić information content (AvgIpc) is 2.72. The highest BCUT2D eigenvalue weighted by Crippen LogP contribution is 2.06. The van der Waals surface area contributed by atoms with Crippen molar-refractivity contribution in [1.82, 2.24) is 9.59 Å². The van der Waals surface area contributed by atoms with Crippen molar-refractivity contribution in [2.45, 2.75) is 12.5 Å². The number of rotatable bonds is 3. The summed E-state index contributed by atoms with van der Waals surface area (Å²) in [6.45, 7) is 1.42. The zero-order valence-corrected chi connectivity index (χ0v) is 8.33. The number of nitrogens with zero attached hydrogens (tertiary/aromatic N) is 2. The Hall–Kier alpha value is -0.850. The Kier molecular flexibility index (Phi) is 3.18. The molecule has 1 atom stereocenters. The molecule has 0 aromatic carbocycles. The number of carbonyl (C=O) groups excluding carboxylic acids is 1. The number of aromatic nitrogens is 2. The summed E-state index contributed by atoms with van der Waals surface area (Å²) in [5.41, 5.74) is 0.703. The van der Waals surface area contributed by atoms with Gasteiger partial charge in [-0.3, -0.25) is 4.79 Å². The van der Waals surface area contributed by atoms with Crippen molar-refractivity contribution in [3.63, 3.8) is 0 Å². The number of ketones is 1. The van der Waals surface area contributed by atoms with Crippen LogP contribution in [0, 0.1) is 0 Å². The van der Waals surface area contributed by atoms with E-state index in [1.54, 1.807) is 5.38 Å². The molecule has 2 heterocycles. The lowest BCUT2D eigenvalue weighted by Gasteiger charge is -2.21. The second-order valence-electron chi connectivity index (χ2n) is 2.97.